The molecule has 3 aromatic rings. The molecule has 0 saturated carbocycles. The number of ether oxygens (including phenoxy) is 1. The minimum absolute atomic E-state index is 0.208. The van der Waals surface area contributed by atoms with Crippen LogP contribution in [0.25, 0.3) is 0 Å². The Kier molecular flexibility index (Phi) is 7.16. The van der Waals surface area contributed by atoms with Crippen molar-refractivity contribution in [2.24, 2.45) is 0 Å². The Morgan fingerprint density at radius 1 is 0.900 bits per heavy atom. The Bertz CT molecular complexity index is 991. The molecule has 3 rings (SSSR count). The molecule has 5 nitrogen and oxygen atoms in total. The number of nitrogens with zero attached hydrogens (tertiary/aromatic N) is 1. The number of amides is 2. The minimum atomic E-state index is -0.321. The fraction of sp³-hybridized carbons (Fsp3) is 0.167. The van der Waals surface area contributed by atoms with Gasteiger partial charge in [0, 0.05) is 20.1 Å². The van der Waals surface area contributed by atoms with Crippen molar-refractivity contribution in [3.63, 3.8) is 0 Å². The first kappa shape index (κ1) is 21.0. The highest BCUT2D eigenvalue weighted by Crippen LogP contribution is 2.18. The summed E-state index contributed by atoms with van der Waals surface area (Å²) in [7, 11) is 1.65. The van der Waals surface area contributed by atoms with Crippen LogP contribution in [0.15, 0.2) is 78.9 Å². The van der Waals surface area contributed by atoms with E-state index in [9.17, 15) is 14.0 Å². The van der Waals surface area contributed by atoms with E-state index >= 15 is 0 Å². The zero-order chi connectivity index (χ0) is 21.3. The van der Waals surface area contributed by atoms with Gasteiger partial charge >= 0.3 is 0 Å². The first-order chi connectivity index (χ1) is 14.5. The molecule has 6 heteroatoms. The van der Waals surface area contributed by atoms with Gasteiger partial charge in [-0.1, -0.05) is 54.6 Å². The van der Waals surface area contributed by atoms with Crippen molar-refractivity contribution in [1.29, 1.82) is 0 Å². The lowest BCUT2D eigenvalue weighted by molar-refractivity contribution is -0.132. The predicted molar refractivity (Wildman–Crippen MR) is 112 cm³/mol. The van der Waals surface area contributed by atoms with Gasteiger partial charge in [0.2, 0.25) is 0 Å². The number of carbonyl (C=O) groups is 2. The normalized spacial score (nSPS) is 10.3. The van der Waals surface area contributed by atoms with E-state index in [2.05, 4.69) is 5.32 Å². The molecule has 1 N–H and O–H groups in total. The number of para-hydroxylation sites is 1. The lowest BCUT2D eigenvalue weighted by Crippen LogP contribution is -2.31. The molecule has 0 bridgehead atoms. The van der Waals surface area contributed by atoms with Gasteiger partial charge in [0.15, 0.2) is 6.61 Å². The molecule has 0 aliphatic rings. The van der Waals surface area contributed by atoms with Crippen LogP contribution in [0, 0.1) is 5.82 Å². The molecule has 0 spiro atoms. The monoisotopic (exact) mass is 406 g/mol. The first-order valence-electron chi connectivity index (χ1n) is 9.55. The molecule has 30 heavy (non-hydrogen) atoms. The third kappa shape index (κ3) is 5.91. The Morgan fingerprint density at radius 3 is 2.30 bits per heavy atom. The van der Waals surface area contributed by atoms with Crippen LogP contribution in [0.2, 0.25) is 0 Å². The molecule has 3 aromatic carbocycles. The summed E-state index contributed by atoms with van der Waals surface area (Å²) in [4.78, 5) is 26.5. The van der Waals surface area contributed by atoms with E-state index in [0.717, 1.165) is 11.1 Å². The molecule has 0 atom stereocenters. The average molecular weight is 406 g/mol. The quantitative estimate of drug-likeness (QED) is 0.619. The third-order valence-corrected chi connectivity index (χ3v) is 4.54. The summed E-state index contributed by atoms with van der Waals surface area (Å²) in [6.45, 7) is 0.524. The second-order valence-corrected chi connectivity index (χ2v) is 6.83. The summed E-state index contributed by atoms with van der Waals surface area (Å²) in [5, 5.41) is 2.86. The molecular formula is C24H23FN2O3. The Hall–Kier alpha value is -3.67. The van der Waals surface area contributed by atoms with E-state index in [4.69, 9.17) is 4.74 Å². The van der Waals surface area contributed by atoms with Gasteiger partial charge in [0.25, 0.3) is 11.8 Å². The average Bonchev–Trinajstić information content (AvgIpc) is 2.78. The van der Waals surface area contributed by atoms with Crippen molar-refractivity contribution in [2.45, 2.75) is 13.1 Å². The zero-order valence-corrected chi connectivity index (χ0v) is 16.7. The lowest BCUT2D eigenvalue weighted by Gasteiger charge is -2.18. The maximum Gasteiger partial charge on any atom is 0.260 e. The van der Waals surface area contributed by atoms with Crippen LogP contribution in [0.1, 0.15) is 21.5 Å². The van der Waals surface area contributed by atoms with Crippen molar-refractivity contribution in [3.8, 4) is 5.75 Å². The minimum Gasteiger partial charge on any atom is -0.483 e. The maximum atomic E-state index is 13.0. The van der Waals surface area contributed by atoms with E-state index in [0.29, 0.717) is 24.4 Å². The van der Waals surface area contributed by atoms with Gasteiger partial charge in [-0.2, -0.15) is 0 Å². The van der Waals surface area contributed by atoms with Gasteiger partial charge in [0.05, 0.1) is 5.56 Å². The zero-order valence-electron chi connectivity index (χ0n) is 16.7. The van der Waals surface area contributed by atoms with Gasteiger partial charge in [-0.05, 0) is 35.4 Å². The SMILES string of the molecule is CN(Cc1ccc(F)cc1)C(=O)COc1ccccc1C(=O)NCc1ccccc1. The van der Waals surface area contributed by atoms with Gasteiger partial charge in [0.1, 0.15) is 11.6 Å². The van der Waals surface area contributed by atoms with E-state index in [1.807, 2.05) is 30.3 Å². The van der Waals surface area contributed by atoms with E-state index < -0.39 is 0 Å². The van der Waals surface area contributed by atoms with Crippen molar-refractivity contribution in [2.75, 3.05) is 13.7 Å². The summed E-state index contributed by atoms with van der Waals surface area (Å²) >= 11 is 0. The maximum absolute atomic E-state index is 13.0. The highest BCUT2D eigenvalue weighted by atomic mass is 19.1. The summed E-state index contributed by atoms with van der Waals surface area (Å²) < 4.78 is 18.7. The molecule has 0 saturated heterocycles. The molecule has 0 aliphatic carbocycles. The van der Waals surface area contributed by atoms with Crippen LogP contribution in [0.3, 0.4) is 0 Å². The summed E-state index contributed by atoms with van der Waals surface area (Å²) in [5.74, 6) is -0.509. The molecule has 0 radical (unpaired) electrons. The Balaban J connectivity index is 1.56. The number of halogens is 1. The highest BCUT2D eigenvalue weighted by Gasteiger charge is 2.15. The van der Waals surface area contributed by atoms with Crippen LogP contribution in [0.5, 0.6) is 5.75 Å². The summed E-state index contributed by atoms with van der Waals surface area (Å²) in [6.07, 6.45) is 0. The van der Waals surface area contributed by atoms with Crippen LogP contribution in [-0.4, -0.2) is 30.4 Å². The van der Waals surface area contributed by atoms with E-state index in [1.165, 1.54) is 17.0 Å². The summed E-state index contributed by atoms with van der Waals surface area (Å²) in [5.41, 5.74) is 2.16. The molecule has 0 fully saturated rings. The molecule has 2 amide bonds. The van der Waals surface area contributed by atoms with Crippen molar-refractivity contribution >= 4 is 11.8 Å². The summed E-state index contributed by atoms with van der Waals surface area (Å²) in [6, 6.07) is 22.4. The predicted octanol–water partition coefficient (Wildman–Crippen LogP) is 3.79. The van der Waals surface area contributed by atoms with E-state index in [-0.39, 0.29) is 24.2 Å². The number of benzene rings is 3. The number of carbonyl (C=O) groups excluding carboxylic acids is 2. The van der Waals surface area contributed by atoms with Crippen LogP contribution in [0.4, 0.5) is 4.39 Å². The number of likely N-dealkylation sites (N-methyl/N-ethyl adjacent to an activating group) is 1. The standard InChI is InChI=1S/C24H23FN2O3/c1-27(16-19-11-13-20(25)14-12-19)23(28)17-30-22-10-6-5-9-21(22)24(29)26-15-18-7-3-2-4-8-18/h2-14H,15-17H2,1H3,(H,26,29). The number of nitrogens with one attached hydrogen (secondary N) is 1. The Morgan fingerprint density at radius 2 is 1.57 bits per heavy atom. The number of hydrogen-bond donors (Lipinski definition) is 1. The fourth-order valence-electron chi connectivity index (χ4n) is 2.86. The molecular weight excluding hydrogens is 383 g/mol. The molecule has 0 unspecified atom stereocenters. The highest BCUT2D eigenvalue weighted by molar-refractivity contribution is 5.97. The smallest absolute Gasteiger partial charge is 0.260 e. The van der Waals surface area contributed by atoms with Gasteiger partial charge in [-0.25, -0.2) is 4.39 Å². The number of rotatable bonds is 8. The molecule has 154 valence electrons. The van der Waals surface area contributed by atoms with Gasteiger partial charge < -0.3 is 15.0 Å². The second-order valence-electron chi connectivity index (χ2n) is 6.83. The van der Waals surface area contributed by atoms with Gasteiger partial charge in [-0.3, -0.25) is 9.59 Å². The molecule has 0 heterocycles. The molecule has 0 aromatic heterocycles. The first-order valence-corrected chi connectivity index (χ1v) is 9.55. The lowest BCUT2D eigenvalue weighted by atomic mass is 10.1. The largest absolute Gasteiger partial charge is 0.483 e. The van der Waals surface area contributed by atoms with Crippen LogP contribution < -0.4 is 10.1 Å². The fourth-order valence-corrected chi connectivity index (χ4v) is 2.86. The van der Waals surface area contributed by atoms with Gasteiger partial charge in [-0.15, -0.1) is 0 Å². The van der Waals surface area contributed by atoms with Crippen LogP contribution >= 0.6 is 0 Å². The topological polar surface area (TPSA) is 58.6 Å². The van der Waals surface area contributed by atoms with Crippen molar-refractivity contribution < 1.29 is 18.7 Å². The second kappa shape index (κ2) is 10.2. The Labute approximate surface area is 175 Å². The van der Waals surface area contributed by atoms with Crippen molar-refractivity contribution in [3.05, 3.63) is 101 Å². The van der Waals surface area contributed by atoms with Crippen molar-refractivity contribution in [1.82, 2.24) is 10.2 Å². The molecule has 0 aliphatic heterocycles. The third-order valence-electron chi connectivity index (χ3n) is 4.54. The van der Waals surface area contributed by atoms with Crippen LogP contribution in [-0.2, 0) is 17.9 Å². The number of hydrogen-bond acceptors (Lipinski definition) is 3. The van der Waals surface area contributed by atoms with E-state index in [1.54, 1.807) is 43.4 Å².